The van der Waals surface area contributed by atoms with Gasteiger partial charge in [-0.05, 0) is 42.7 Å². The molecule has 0 saturated heterocycles. The zero-order valence-corrected chi connectivity index (χ0v) is 17.5. The first-order valence-electron chi connectivity index (χ1n) is 10.1. The van der Waals surface area contributed by atoms with Gasteiger partial charge in [0.2, 0.25) is 5.91 Å². The van der Waals surface area contributed by atoms with E-state index in [0.717, 1.165) is 11.0 Å². The van der Waals surface area contributed by atoms with E-state index in [9.17, 15) is 14.9 Å². The normalized spacial score (nSPS) is 13.5. The van der Waals surface area contributed by atoms with Gasteiger partial charge in [-0.3, -0.25) is 9.59 Å². The van der Waals surface area contributed by atoms with Crippen LogP contribution in [0.4, 0.5) is 0 Å². The number of hydrogen-bond acceptors (Lipinski definition) is 6. The highest BCUT2D eigenvalue weighted by molar-refractivity contribution is 6.32. The van der Waals surface area contributed by atoms with Crippen LogP contribution in [0.3, 0.4) is 0 Å². The van der Waals surface area contributed by atoms with Crippen LogP contribution in [-0.2, 0) is 11.3 Å². The van der Waals surface area contributed by atoms with Crippen LogP contribution in [-0.4, -0.2) is 35.2 Å². The molecule has 2 aromatic carbocycles. The van der Waals surface area contributed by atoms with Crippen molar-refractivity contribution in [1.29, 1.82) is 5.26 Å². The van der Waals surface area contributed by atoms with E-state index in [1.165, 1.54) is 18.7 Å². The molecule has 1 aliphatic rings. The molecule has 2 amide bonds. The third-order valence-corrected chi connectivity index (χ3v) is 5.22. The summed E-state index contributed by atoms with van der Waals surface area (Å²) in [6, 6.07) is 14.8. The van der Waals surface area contributed by atoms with Gasteiger partial charge in [0.25, 0.3) is 5.91 Å². The van der Waals surface area contributed by atoms with Crippen molar-refractivity contribution in [3.8, 4) is 17.6 Å². The molecular formula is C23H20BN5O3. The van der Waals surface area contributed by atoms with Crippen LogP contribution in [0.1, 0.15) is 34.3 Å². The lowest BCUT2D eigenvalue weighted by molar-refractivity contribution is -0.124. The monoisotopic (exact) mass is 425 g/mol. The largest absolute Gasteiger partial charge is 0.456 e. The average Bonchev–Trinajstić information content (AvgIpc) is 3.60. The maximum Gasteiger partial charge on any atom is 0.255 e. The minimum absolute atomic E-state index is 0.221. The number of rotatable bonds is 7. The summed E-state index contributed by atoms with van der Waals surface area (Å²) in [5.74, 6) is 0.500. The Morgan fingerprint density at radius 3 is 2.50 bits per heavy atom. The first-order valence-corrected chi connectivity index (χ1v) is 10.1. The standard InChI is InChI=1S/C23H20BN5O3/c24-18-3-6-20(16(9-18)10-25)32-19-4-1-15(2-5-19)11-28-22(31)23(7-8-23)29-21(30)17-12-26-14-27-13-17/h1-6,9,12-14H,7-8,11,24H2,(H,28,31)(H,29,30). The number of benzene rings is 2. The van der Waals surface area contributed by atoms with Gasteiger partial charge in [-0.2, -0.15) is 5.26 Å². The van der Waals surface area contributed by atoms with Gasteiger partial charge in [-0.15, -0.1) is 0 Å². The molecule has 0 atom stereocenters. The Morgan fingerprint density at radius 2 is 1.84 bits per heavy atom. The molecule has 3 aromatic rings. The molecular weight excluding hydrogens is 405 g/mol. The zero-order chi connectivity index (χ0) is 22.6. The van der Waals surface area contributed by atoms with E-state index in [0.29, 0.717) is 42.0 Å². The van der Waals surface area contributed by atoms with Crippen LogP contribution in [0.25, 0.3) is 0 Å². The molecule has 1 aromatic heterocycles. The number of nitrogens with zero attached hydrogens (tertiary/aromatic N) is 3. The molecule has 2 N–H and O–H groups in total. The molecule has 0 radical (unpaired) electrons. The van der Waals surface area contributed by atoms with Crippen molar-refractivity contribution >= 4 is 25.1 Å². The highest BCUT2D eigenvalue weighted by atomic mass is 16.5. The molecule has 1 saturated carbocycles. The summed E-state index contributed by atoms with van der Waals surface area (Å²) < 4.78 is 5.82. The number of nitriles is 1. The first-order chi connectivity index (χ1) is 15.5. The van der Waals surface area contributed by atoms with Crippen LogP contribution in [0.2, 0.25) is 0 Å². The van der Waals surface area contributed by atoms with Gasteiger partial charge in [0.05, 0.1) is 11.1 Å². The van der Waals surface area contributed by atoms with Gasteiger partial charge in [0.1, 0.15) is 37.3 Å². The predicted molar refractivity (Wildman–Crippen MR) is 119 cm³/mol. The molecule has 1 fully saturated rings. The maximum absolute atomic E-state index is 12.7. The lowest BCUT2D eigenvalue weighted by Crippen LogP contribution is -2.48. The molecule has 1 heterocycles. The summed E-state index contributed by atoms with van der Waals surface area (Å²) in [6.45, 7) is 0.319. The Kier molecular flexibility index (Phi) is 5.86. The van der Waals surface area contributed by atoms with Crippen molar-refractivity contribution in [1.82, 2.24) is 20.6 Å². The first kappa shape index (κ1) is 21.1. The van der Waals surface area contributed by atoms with E-state index in [4.69, 9.17) is 4.74 Å². The average molecular weight is 425 g/mol. The highest BCUT2D eigenvalue weighted by Crippen LogP contribution is 2.36. The van der Waals surface area contributed by atoms with E-state index in [1.807, 2.05) is 26.0 Å². The quantitative estimate of drug-likeness (QED) is 0.545. The van der Waals surface area contributed by atoms with Gasteiger partial charge in [-0.25, -0.2) is 9.97 Å². The van der Waals surface area contributed by atoms with Crippen LogP contribution >= 0.6 is 0 Å². The maximum atomic E-state index is 12.7. The van der Waals surface area contributed by atoms with E-state index in [1.54, 1.807) is 24.3 Å². The smallest absolute Gasteiger partial charge is 0.255 e. The van der Waals surface area contributed by atoms with Crippen LogP contribution < -0.4 is 20.8 Å². The fourth-order valence-corrected chi connectivity index (χ4v) is 3.21. The molecule has 158 valence electrons. The molecule has 0 bridgehead atoms. The third kappa shape index (κ3) is 4.76. The Hall–Kier alpha value is -4.19. The number of ether oxygens (including phenoxy) is 1. The number of carbonyl (C=O) groups excluding carboxylic acids is 2. The van der Waals surface area contributed by atoms with E-state index < -0.39 is 5.54 Å². The number of nitrogens with one attached hydrogen (secondary N) is 2. The van der Waals surface area contributed by atoms with Crippen molar-refractivity contribution in [2.24, 2.45) is 0 Å². The molecule has 4 rings (SSSR count). The van der Waals surface area contributed by atoms with Crippen molar-refractivity contribution < 1.29 is 14.3 Å². The Morgan fingerprint density at radius 1 is 1.12 bits per heavy atom. The molecule has 9 heteroatoms. The molecule has 0 unspecified atom stereocenters. The van der Waals surface area contributed by atoms with Gasteiger partial charge in [0.15, 0.2) is 0 Å². The van der Waals surface area contributed by atoms with E-state index in [2.05, 4.69) is 26.7 Å². The predicted octanol–water partition coefficient (Wildman–Crippen LogP) is 0.978. The SMILES string of the molecule is Bc1ccc(Oc2ccc(CNC(=O)C3(NC(=O)c4cncnc4)CC3)cc2)c(C#N)c1. The molecule has 0 aliphatic heterocycles. The van der Waals surface area contributed by atoms with Gasteiger partial charge < -0.3 is 15.4 Å². The van der Waals surface area contributed by atoms with Gasteiger partial charge >= 0.3 is 0 Å². The summed E-state index contributed by atoms with van der Waals surface area (Å²) >= 11 is 0. The molecule has 8 nitrogen and oxygen atoms in total. The van der Waals surface area contributed by atoms with Crippen molar-refractivity contribution in [2.75, 3.05) is 0 Å². The van der Waals surface area contributed by atoms with Crippen molar-refractivity contribution in [2.45, 2.75) is 24.9 Å². The topological polar surface area (TPSA) is 117 Å². The Balaban J connectivity index is 1.33. The van der Waals surface area contributed by atoms with Crippen LogP contribution in [0.15, 0.2) is 61.2 Å². The van der Waals surface area contributed by atoms with Crippen molar-refractivity contribution in [3.63, 3.8) is 0 Å². The highest BCUT2D eigenvalue weighted by Gasteiger charge is 2.51. The van der Waals surface area contributed by atoms with Crippen molar-refractivity contribution in [3.05, 3.63) is 77.9 Å². The lowest BCUT2D eigenvalue weighted by Gasteiger charge is -2.17. The number of hydrogen-bond donors (Lipinski definition) is 2. The Bertz CT molecular complexity index is 1190. The summed E-state index contributed by atoms with van der Waals surface area (Å²) in [6.07, 6.45) is 5.34. The molecule has 1 aliphatic carbocycles. The summed E-state index contributed by atoms with van der Waals surface area (Å²) in [7, 11) is 1.92. The number of carbonyl (C=O) groups is 2. The minimum Gasteiger partial charge on any atom is -0.456 e. The number of aromatic nitrogens is 2. The third-order valence-electron chi connectivity index (χ3n) is 5.22. The second kappa shape index (κ2) is 8.90. The molecule has 0 spiro atoms. The number of amides is 2. The Labute approximate surface area is 186 Å². The van der Waals surface area contributed by atoms with E-state index in [-0.39, 0.29) is 11.8 Å². The fourth-order valence-electron chi connectivity index (χ4n) is 3.21. The fraction of sp³-hybridized carbons (Fsp3) is 0.174. The second-order valence-corrected chi connectivity index (χ2v) is 7.70. The molecule has 32 heavy (non-hydrogen) atoms. The summed E-state index contributed by atoms with van der Waals surface area (Å²) in [4.78, 5) is 32.6. The lowest BCUT2D eigenvalue weighted by atomic mass is 9.94. The summed E-state index contributed by atoms with van der Waals surface area (Å²) in [5, 5.41) is 15.0. The summed E-state index contributed by atoms with van der Waals surface area (Å²) in [5.41, 5.74) is 1.78. The van der Waals surface area contributed by atoms with Crippen LogP contribution in [0.5, 0.6) is 11.5 Å². The minimum atomic E-state index is -0.880. The zero-order valence-electron chi connectivity index (χ0n) is 17.5. The van der Waals surface area contributed by atoms with Crippen LogP contribution in [0, 0.1) is 11.3 Å². The second-order valence-electron chi connectivity index (χ2n) is 7.70. The van der Waals surface area contributed by atoms with E-state index >= 15 is 0 Å². The van der Waals surface area contributed by atoms with Gasteiger partial charge in [0, 0.05) is 18.9 Å². The van der Waals surface area contributed by atoms with Gasteiger partial charge in [-0.1, -0.05) is 23.7 Å².